The number of ether oxygens (including phenoxy) is 2. The number of esters is 2. The van der Waals surface area contributed by atoms with E-state index in [1.807, 2.05) is 11.9 Å². The van der Waals surface area contributed by atoms with Crippen molar-refractivity contribution in [3.05, 3.63) is 0 Å². The molecule has 6 heteroatoms. The maximum Gasteiger partial charge on any atom is 0.307 e. The summed E-state index contributed by atoms with van der Waals surface area (Å²) in [7, 11) is 0. The van der Waals surface area contributed by atoms with E-state index in [1.165, 1.54) is 103 Å². The van der Waals surface area contributed by atoms with Gasteiger partial charge >= 0.3 is 11.9 Å². The van der Waals surface area contributed by atoms with Crippen LogP contribution in [0.5, 0.6) is 0 Å². The van der Waals surface area contributed by atoms with Gasteiger partial charge in [0.25, 0.3) is 0 Å². The fourth-order valence-electron chi connectivity index (χ4n) is 4.59. The van der Waals surface area contributed by atoms with Crippen molar-refractivity contribution in [2.75, 3.05) is 32.8 Å². The first kappa shape index (κ1) is 36.9. The zero-order valence-electron chi connectivity index (χ0n) is 25.7. The lowest BCUT2D eigenvalue weighted by molar-refractivity contribution is -0.145. The summed E-state index contributed by atoms with van der Waals surface area (Å²) < 4.78 is 10.8. The lowest BCUT2D eigenvalue weighted by Gasteiger charge is -2.21. The Hall–Kier alpha value is -1.14. The summed E-state index contributed by atoms with van der Waals surface area (Å²) in [6.45, 7) is 9.47. The molecule has 0 aromatic heterocycles. The van der Waals surface area contributed by atoms with Crippen molar-refractivity contribution in [3.63, 3.8) is 0 Å². The first-order valence-electron chi connectivity index (χ1n) is 16.4. The summed E-state index contributed by atoms with van der Waals surface area (Å²) >= 11 is 0. The fourth-order valence-corrected chi connectivity index (χ4v) is 4.59. The van der Waals surface area contributed by atoms with Crippen LogP contribution in [0.25, 0.3) is 0 Å². The van der Waals surface area contributed by atoms with E-state index in [0.717, 1.165) is 32.2 Å². The molecule has 0 aliphatic rings. The van der Waals surface area contributed by atoms with Crippen molar-refractivity contribution < 1.29 is 19.1 Å². The van der Waals surface area contributed by atoms with Gasteiger partial charge in [0.1, 0.15) is 0 Å². The molecule has 0 saturated carbocycles. The Labute approximate surface area is 236 Å². The Bertz CT molecular complexity index is 516. The van der Waals surface area contributed by atoms with Crippen molar-refractivity contribution in [2.45, 2.75) is 162 Å². The Morgan fingerprint density at radius 2 is 0.895 bits per heavy atom. The van der Waals surface area contributed by atoms with Crippen molar-refractivity contribution in [2.24, 2.45) is 0 Å². The molecule has 0 saturated heterocycles. The van der Waals surface area contributed by atoms with Crippen LogP contribution in [-0.2, 0) is 19.1 Å². The molecule has 0 bridgehead atoms. The topological polar surface area (TPSA) is 67.9 Å². The standard InChI is InChI=1S/C32H64N2O4/c1-4-7-9-11-13-15-17-19-21-23-29-37-31(35)25-27-33-34(6-3)28-26-32(36)38-30-24-22-20-18-16-14-12-10-8-5-2/h33H,4-30H2,1-3H3. The van der Waals surface area contributed by atoms with Crippen LogP contribution >= 0.6 is 0 Å². The minimum Gasteiger partial charge on any atom is -0.466 e. The molecular formula is C32H64N2O4. The zero-order valence-corrected chi connectivity index (χ0v) is 25.7. The summed E-state index contributed by atoms with van der Waals surface area (Å²) in [4.78, 5) is 24.0. The molecule has 0 radical (unpaired) electrons. The molecule has 0 atom stereocenters. The average Bonchev–Trinajstić information content (AvgIpc) is 2.92. The highest BCUT2D eigenvalue weighted by atomic mass is 16.5. The maximum atomic E-state index is 12.0. The van der Waals surface area contributed by atoms with E-state index in [4.69, 9.17) is 9.47 Å². The number of rotatable bonds is 30. The predicted molar refractivity (Wildman–Crippen MR) is 160 cm³/mol. The summed E-state index contributed by atoms with van der Waals surface area (Å²) in [5.74, 6) is -0.294. The van der Waals surface area contributed by atoms with Crippen LogP contribution in [0, 0.1) is 0 Å². The van der Waals surface area contributed by atoms with Crippen molar-refractivity contribution in [1.29, 1.82) is 0 Å². The lowest BCUT2D eigenvalue weighted by Crippen LogP contribution is -2.40. The molecule has 0 heterocycles. The van der Waals surface area contributed by atoms with Crippen LogP contribution in [0.1, 0.15) is 162 Å². The van der Waals surface area contributed by atoms with Gasteiger partial charge in [0.2, 0.25) is 0 Å². The number of nitrogens with one attached hydrogen (secondary N) is 1. The molecule has 0 aromatic carbocycles. The second kappa shape index (κ2) is 30.4. The maximum absolute atomic E-state index is 12.0. The SMILES string of the molecule is CCCCCCCCCCCCOC(=O)CCNN(CC)CCC(=O)OCCCCCCCCCCCC. The highest BCUT2D eigenvalue weighted by molar-refractivity contribution is 5.69. The second-order valence-electron chi connectivity index (χ2n) is 10.8. The average molecular weight is 541 g/mol. The molecule has 0 aromatic rings. The van der Waals surface area contributed by atoms with Gasteiger partial charge < -0.3 is 9.47 Å². The van der Waals surface area contributed by atoms with Crippen LogP contribution in [-0.4, -0.2) is 49.8 Å². The van der Waals surface area contributed by atoms with Gasteiger partial charge in [0.15, 0.2) is 0 Å². The Morgan fingerprint density at radius 1 is 0.526 bits per heavy atom. The molecule has 0 rings (SSSR count). The molecule has 0 aliphatic carbocycles. The van der Waals surface area contributed by atoms with Gasteiger partial charge in [-0.25, -0.2) is 5.01 Å². The minimum absolute atomic E-state index is 0.142. The number of carbonyl (C=O) groups is 2. The van der Waals surface area contributed by atoms with Gasteiger partial charge in [-0.05, 0) is 12.8 Å². The molecular weight excluding hydrogens is 476 g/mol. The highest BCUT2D eigenvalue weighted by Crippen LogP contribution is 2.11. The quantitative estimate of drug-likeness (QED) is 0.0559. The number of hydrogen-bond acceptors (Lipinski definition) is 6. The van der Waals surface area contributed by atoms with Crippen LogP contribution in [0.2, 0.25) is 0 Å². The van der Waals surface area contributed by atoms with Gasteiger partial charge in [-0.1, -0.05) is 136 Å². The third-order valence-electron chi connectivity index (χ3n) is 7.15. The second-order valence-corrected chi connectivity index (χ2v) is 10.8. The third kappa shape index (κ3) is 27.9. The minimum atomic E-state index is -0.152. The highest BCUT2D eigenvalue weighted by Gasteiger charge is 2.09. The summed E-state index contributed by atoms with van der Waals surface area (Å²) in [6, 6.07) is 0. The lowest BCUT2D eigenvalue weighted by atomic mass is 10.1. The first-order chi connectivity index (χ1) is 18.6. The van der Waals surface area contributed by atoms with Crippen molar-refractivity contribution >= 4 is 11.9 Å². The number of carbonyl (C=O) groups excluding carboxylic acids is 2. The normalized spacial score (nSPS) is 11.3. The van der Waals surface area contributed by atoms with Crippen LogP contribution in [0.4, 0.5) is 0 Å². The number of hydrogen-bond donors (Lipinski definition) is 1. The first-order valence-corrected chi connectivity index (χ1v) is 16.4. The molecule has 0 fully saturated rings. The van der Waals surface area contributed by atoms with Crippen LogP contribution in [0.15, 0.2) is 0 Å². The Balaban J connectivity index is 3.53. The molecule has 6 nitrogen and oxygen atoms in total. The largest absolute Gasteiger partial charge is 0.466 e. The van der Waals surface area contributed by atoms with Gasteiger partial charge in [0.05, 0.1) is 26.1 Å². The van der Waals surface area contributed by atoms with Gasteiger partial charge in [-0.3, -0.25) is 15.0 Å². The van der Waals surface area contributed by atoms with E-state index < -0.39 is 0 Å². The van der Waals surface area contributed by atoms with Crippen molar-refractivity contribution in [3.8, 4) is 0 Å². The molecule has 226 valence electrons. The van der Waals surface area contributed by atoms with Gasteiger partial charge in [-0.2, -0.15) is 0 Å². The summed E-state index contributed by atoms with van der Waals surface area (Å²) in [5.41, 5.74) is 3.24. The van der Waals surface area contributed by atoms with Crippen LogP contribution in [0.3, 0.4) is 0 Å². The van der Waals surface area contributed by atoms with E-state index in [2.05, 4.69) is 19.3 Å². The van der Waals surface area contributed by atoms with Gasteiger partial charge in [-0.15, -0.1) is 0 Å². The predicted octanol–water partition coefficient (Wildman–Crippen LogP) is 8.52. The fraction of sp³-hybridized carbons (Fsp3) is 0.938. The van der Waals surface area contributed by atoms with Crippen LogP contribution < -0.4 is 5.43 Å². The van der Waals surface area contributed by atoms with E-state index in [9.17, 15) is 9.59 Å². The number of nitrogens with zero attached hydrogens (tertiary/aromatic N) is 1. The molecule has 0 spiro atoms. The molecule has 0 amide bonds. The van der Waals surface area contributed by atoms with Crippen molar-refractivity contribution in [1.82, 2.24) is 10.4 Å². The number of hydrazine groups is 1. The summed E-state index contributed by atoms with van der Waals surface area (Å²) in [6.07, 6.45) is 26.2. The number of unbranched alkanes of at least 4 members (excludes halogenated alkanes) is 18. The van der Waals surface area contributed by atoms with E-state index in [0.29, 0.717) is 39.1 Å². The Kier molecular flexibility index (Phi) is 29.5. The monoisotopic (exact) mass is 540 g/mol. The molecule has 1 N–H and O–H groups in total. The smallest absolute Gasteiger partial charge is 0.307 e. The zero-order chi connectivity index (χ0) is 27.9. The molecule has 38 heavy (non-hydrogen) atoms. The van der Waals surface area contributed by atoms with E-state index in [-0.39, 0.29) is 11.9 Å². The summed E-state index contributed by atoms with van der Waals surface area (Å²) in [5, 5.41) is 1.97. The third-order valence-corrected chi connectivity index (χ3v) is 7.15. The van der Waals surface area contributed by atoms with E-state index >= 15 is 0 Å². The van der Waals surface area contributed by atoms with Gasteiger partial charge in [0, 0.05) is 19.6 Å². The molecule has 0 aliphatic heterocycles. The van der Waals surface area contributed by atoms with E-state index in [1.54, 1.807) is 0 Å². The Morgan fingerprint density at radius 3 is 1.29 bits per heavy atom. The molecule has 0 unspecified atom stereocenters.